The zero-order chi connectivity index (χ0) is 23.5. The number of pyridine rings is 1. The lowest BCUT2D eigenvalue weighted by Crippen LogP contribution is -2.15. The van der Waals surface area contributed by atoms with Crippen molar-refractivity contribution < 1.29 is 19.4 Å². The third-order valence-corrected chi connectivity index (χ3v) is 5.95. The summed E-state index contributed by atoms with van der Waals surface area (Å²) in [5.41, 5.74) is 6.29. The first-order valence-electron chi connectivity index (χ1n) is 11.4. The topological polar surface area (TPSA) is 68.7 Å². The van der Waals surface area contributed by atoms with Gasteiger partial charge >= 0.3 is 5.97 Å². The molecule has 0 atom stereocenters. The maximum atomic E-state index is 13.2. The summed E-state index contributed by atoms with van der Waals surface area (Å²) in [7, 11) is 0. The number of aryl methyl sites for hydroxylation is 1. The van der Waals surface area contributed by atoms with Gasteiger partial charge in [0.1, 0.15) is 24.7 Å². The number of nitrogens with zero attached hydrogens (tertiary/aromatic N) is 1. The Labute approximate surface area is 198 Å². The number of phenols is 1. The van der Waals surface area contributed by atoms with Crippen molar-refractivity contribution in [3.63, 3.8) is 0 Å². The number of esters is 1. The third kappa shape index (κ3) is 4.50. The predicted octanol–water partition coefficient (Wildman–Crippen LogP) is 5.97. The Balaban J connectivity index is 1.41. The van der Waals surface area contributed by atoms with Crippen molar-refractivity contribution in [3.05, 3.63) is 101 Å². The van der Waals surface area contributed by atoms with E-state index in [1.165, 1.54) is 0 Å². The molecule has 1 aliphatic carbocycles. The van der Waals surface area contributed by atoms with Crippen LogP contribution in [0.3, 0.4) is 0 Å². The molecule has 0 aliphatic heterocycles. The van der Waals surface area contributed by atoms with Crippen molar-refractivity contribution in [2.45, 2.75) is 19.8 Å². The molecule has 0 unspecified atom stereocenters. The fraction of sp³-hybridized carbons (Fsp3) is 0.172. The van der Waals surface area contributed by atoms with Crippen molar-refractivity contribution >= 4 is 28.5 Å². The van der Waals surface area contributed by atoms with E-state index in [4.69, 9.17) is 14.5 Å². The van der Waals surface area contributed by atoms with Gasteiger partial charge < -0.3 is 14.6 Å². The van der Waals surface area contributed by atoms with Gasteiger partial charge in [-0.15, -0.1) is 0 Å². The summed E-state index contributed by atoms with van der Waals surface area (Å²) >= 11 is 0. The number of fused-ring (bicyclic) bond motifs is 2. The van der Waals surface area contributed by atoms with Crippen LogP contribution in [0.25, 0.3) is 22.6 Å². The summed E-state index contributed by atoms with van der Waals surface area (Å²) in [6, 6.07) is 22.5. The lowest BCUT2D eigenvalue weighted by Gasteiger charge is -2.13. The average molecular weight is 452 g/mol. The summed E-state index contributed by atoms with van der Waals surface area (Å²) in [6.45, 7) is 2.45. The van der Waals surface area contributed by atoms with Crippen LogP contribution in [0, 0.1) is 6.92 Å². The second-order valence-corrected chi connectivity index (χ2v) is 8.39. The lowest BCUT2D eigenvalue weighted by atomic mass is 10.0. The summed E-state index contributed by atoms with van der Waals surface area (Å²) in [4.78, 5) is 18.1. The van der Waals surface area contributed by atoms with Crippen molar-refractivity contribution in [3.8, 4) is 11.5 Å². The second kappa shape index (κ2) is 9.40. The molecular formula is C29H25NO4. The van der Waals surface area contributed by atoms with Gasteiger partial charge in [-0.3, -0.25) is 0 Å². The van der Waals surface area contributed by atoms with Crippen LogP contribution in [-0.2, 0) is 11.2 Å². The van der Waals surface area contributed by atoms with Crippen LogP contribution in [0.1, 0.15) is 39.2 Å². The van der Waals surface area contributed by atoms with E-state index in [1.807, 2.05) is 67.6 Å². The Morgan fingerprint density at radius 2 is 1.82 bits per heavy atom. The number of aromatic nitrogens is 1. The molecular weight excluding hydrogens is 426 g/mol. The van der Waals surface area contributed by atoms with Crippen LogP contribution in [-0.4, -0.2) is 29.3 Å². The second-order valence-electron chi connectivity index (χ2n) is 8.39. The Bertz CT molecular complexity index is 1390. The maximum absolute atomic E-state index is 13.2. The molecule has 34 heavy (non-hydrogen) atoms. The lowest BCUT2D eigenvalue weighted by molar-refractivity contribution is 0.0451. The van der Waals surface area contributed by atoms with E-state index in [-0.39, 0.29) is 24.9 Å². The molecule has 0 amide bonds. The van der Waals surface area contributed by atoms with Crippen LogP contribution in [0.2, 0.25) is 0 Å². The van der Waals surface area contributed by atoms with E-state index in [0.29, 0.717) is 5.56 Å². The van der Waals surface area contributed by atoms with E-state index in [1.54, 1.807) is 12.1 Å². The van der Waals surface area contributed by atoms with Crippen molar-refractivity contribution in [2.24, 2.45) is 0 Å². The van der Waals surface area contributed by atoms with Gasteiger partial charge in [-0.05, 0) is 78.4 Å². The van der Waals surface area contributed by atoms with Crippen LogP contribution in [0.5, 0.6) is 11.5 Å². The highest BCUT2D eigenvalue weighted by Crippen LogP contribution is 2.38. The largest absolute Gasteiger partial charge is 0.508 e. The zero-order valence-electron chi connectivity index (χ0n) is 19.0. The molecule has 170 valence electrons. The summed E-state index contributed by atoms with van der Waals surface area (Å²) < 4.78 is 11.4. The maximum Gasteiger partial charge on any atom is 0.339 e. The van der Waals surface area contributed by atoms with Crippen molar-refractivity contribution in [1.82, 2.24) is 4.98 Å². The Morgan fingerprint density at radius 3 is 2.65 bits per heavy atom. The van der Waals surface area contributed by atoms with Gasteiger partial charge in [0.05, 0.1) is 16.8 Å². The zero-order valence-corrected chi connectivity index (χ0v) is 19.0. The highest BCUT2D eigenvalue weighted by Gasteiger charge is 2.27. The minimum Gasteiger partial charge on any atom is -0.508 e. The molecule has 1 aliphatic rings. The van der Waals surface area contributed by atoms with Gasteiger partial charge in [0.25, 0.3) is 0 Å². The Morgan fingerprint density at radius 1 is 1.00 bits per heavy atom. The van der Waals surface area contributed by atoms with Gasteiger partial charge in [-0.2, -0.15) is 0 Å². The number of carbonyl (C=O) groups excluding carboxylic acids is 1. The molecule has 4 aromatic rings. The van der Waals surface area contributed by atoms with Gasteiger partial charge in [0, 0.05) is 5.39 Å². The first kappa shape index (κ1) is 21.7. The smallest absolute Gasteiger partial charge is 0.339 e. The molecule has 5 nitrogen and oxygen atoms in total. The quantitative estimate of drug-likeness (QED) is 0.289. The van der Waals surface area contributed by atoms with Crippen LogP contribution >= 0.6 is 0 Å². The number of phenolic OH excluding ortho intramolecular Hbond substituents is 1. The molecule has 1 heterocycles. The van der Waals surface area contributed by atoms with Gasteiger partial charge in [0.15, 0.2) is 0 Å². The number of benzene rings is 3. The number of para-hydroxylation sites is 1. The van der Waals surface area contributed by atoms with E-state index in [9.17, 15) is 9.90 Å². The Kier molecular flexibility index (Phi) is 6.00. The minimum absolute atomic E-state index is 0.161. The van der Waals surface area contributed by atoms with E-state index in [2.05, 4.69) is 6.08 Å². The first-order valence-corrected chi connectivity index (χ1v) is 11.4. The molecule has 3 aromatic carbocycles. The monoisotopic (exact) mass is 451 g/mol. The Hall–Kier alpha value is -4.12. The fourth-order valence-electron chi connectivity index (χ4n) is 4.36. The van der Waals surface area contributed by atoms with Crippen LogP contribution in [0.4, 0.5) is 0 Å². The molecule has 1 N–H and O–H groups in total. The molecule has 0 saturated heterocycles. The highest BCUT2D eigenvalue weighted by atomic mass is 16.6. The van der Waals surface area contributed by atoms with E-state index < -0.39 is 0 Å². The summed E-state index contributed by atoms with van der Waals surface area (Å²) in [6.07, 6.45) is 3.58. The van der Waals surface area contributed by atoms with Crippen LogP contribution in [0.15, 0.2) is 72.8 Å². The standard InChI is InChI=1S/C29H25NO4/c1-19-5-4-6-23(17-19)33-15-16-34-29(32)27-24-7-2-3-8-26(24)30-28-21(11-14-25(27)28)18-20-9-12-22(31)13-10-20/h2-10,12-13,17-18,31H,11,14-16H2,1H3. The number of allylic oxidation sites excluding steroid dienone is 1. The molecule has 0 spiro atoms. The number of hydrogen-bond acceptors (Lipinski definition) is 5. The summed E-state index contributed by atoms with van der Waals surface area (Å²) in [5.74, 6) is 0.637. The predicted molar refractivity (Wildman–Crippen MR) is 133 cm³/mol. The molecule has 5 heteroatoms. The SMILES string of the molecule is Cc1cccc(OCCOC(=O)c2c3c(nc4ccccc24)C(=Cc2ccc(O)cc2)CC3)c1. The summed E-state index contributed by atoms with van der Waals surface area (Å²) in [5, 5.41) is 10.4. The normalized spacial score (nSPS) is 13.7. The number of rotatable bonds is 6. The molecule has 5 rings (SSSR count). The fourth-order valence-corrected chi connectivity index (χ4v) is 4.36. The third-order valence-electron chi connectivity index (χ3n) is 5.95. The van der Waals surface area contributed by atoms with Crippen LogP contribution < -0.4 is 4.74 Å². The van der Waals surface area contributed by atoms with Gasteiger partial charge in [-0.25, -0.2) is 9.78 Å². The highest BCUT2D eigenvalue weighted by molar-refractivity contribution is 6.07. The van der Waals surface area contributed by atoms with Gasteiger partial charge in [0.2, 0.25) is 0 Å². The van der Waals surface area contributed by atoms with E-state index in [0.717, 1.165) is 57.5 Å². The molecule has 0 bridgehead atoms. The molecule has 1 aromatic heterocycles. The number of ether oxygens (including phenoxy) is 2. The number of aromatic hydroxyl groups is 1. The minimum atomic E-state index is -0.353. The average Bonchev–Trinajstić information content (AvgIpc) is 3.23. The van der Waals surface area contributed by atoms with Crippen molar-refractivity contribution in [2.75, 3.05) is 13.2 Å². The number of carbonyl (C=O) groups is 1. The first-order chi connectivity index (χ1) is 16.6. The molecule has 0 radical (unpaired) electrons. The van der Waals surface area contributed by atoms with Crippen molar-refractivity contribution in [1.29, 1.82) is 0 Å². The molecule has 0 saturated carbocycles. The van der Waals surface area contributed by atoms with Gasteiger partial charge in [-0.1, -0.05) is 42.5 Å². The molecule has 0 fully saturated rings. The van der Waals surface area contributed by atoms with E-state index >= 15 is 0 Å². The number of hydrogen-bond donors (Lipinski definition) is 1.